The Morgan fingerprint density at radius 2 is 1.83 bits per heavy atom. The largest absolute Gasteiger partial charge is 0.365 e. The Labute approximate surface area is 169 Å². The Kier molecular flexibility index (Phi) is 4.76. The molecular weight excluding hydrogens is 370 g/mol. The summed E-state index contributed by atoms with van der Waals surface area (Å²) in [4.78, 5) is 18.4. The van der Waals surface area contributed by atoms with Crippen LogP contribution in [-0.4, -0.2) is 58.0 Å². The van der Waals surface area contributed by atoms with Gasteiger partial charge in [-0.25, -0.2) is 0 Å². The van der Waals surface area contributed by atoms with Gasteiger partial charge in [-0.1, -0.05) is 12.1 Å². The predicted octanol–water partition coefficient (Wildman–Crippen LogP) is 1.82. The summed E-state index contributed by atoms with van der Waals surface area (Å²) in [5.74, 6) is 0.675. The summed E-state index contributed by atoms with van der Waals surface area (Å²) in [5, 5.41) is 14.3. The average molecular weight is 395 g/mol. The number of rotatable bonds is 7. The molecule has 1 aliphatic carbocycles. The molecule has 1 atom stereocenters. The van der Waals surface area contributed by atoms with Crippen molar-refractivity contribution in [2.75, 3.05) is 30.3 Å². The predicted molar refractivity (Wildman–Crippen MR) is 108 cm³/mol. The first-order valence-corrected chi connectivity index (χ1v) is 10.2. The normalized spacial score (nSPS) is 22.3. The van der Waals surface area contributed by atoms with Crippen LogP contribution < -0.4 is 16.4 Å². The van der Waals surface area contributed by atoms with Crippen LogP contribution in [0.25, 0.3) is 0 Å². The van der Waals surface area contributed by atoms with E-state index in [1.165, 1.54) is 5.56 Å². The molecule has 3 heterocycles. The van der Waals surface area contributed by atoms with Crippen LogP contribution in [0.15, 0.2) is 24.3 Å². The molecule has 1 amide bonds. The molecule has 1 aromatic heterocycles. The number of nitrogens with one attached hydrogen (secondary N) is 2. The van der Waals surface area contributed by atoms with Gasteiger partial charge >= 0.3 is 0 Å². The highest BCUT2D eigenvalue weighted by molar-refractivity contribution is 5.95. The summed E-state index contributed by atoms with van der Waals surface area (Å²) < 4.78 is 5.39. The summed E-state index contributed by atoms with van der Waals surface area (Å²) in [6.45, 7) is 3.08. The van der Waals surface area contributed by atoms with E-state index in [-0.39, 0.29) is 5.69 Å². The lowest BCUT2D eigenvalue weighted by Gasteiger charge is -2.31. The van der Waals surface area contributed by atoms with Crippen molar-refractivity contribution >= 4 is 23.4 Å². The van der Waals surface area contributed by atoms with E-state index >= 15 is 0 Å². The standard InChI is InChI=1S/C20H25N7O2/c21-18(28)17-19(22-14-5-6-14)24-20(26-25-17)23-15-3-1-12(2-4-15)13-7-9-27(10-8-13)16-11-29-16/h1-4,13-14,16H,5-11H2,(H2,21,28)(H2,22,23,24,26). The molecule has 0 radical (unpaired) electrons. The highest BCUT2D eigenvalue weighted by Crippen LogP contribution is 2.32. The quantitative estimate of drug-likeness (QED) is 0.607. The molecule has 2 aromatic rings. The van der Waals surface area contributed by atoms with Crippen LogP contribution in [0.2, 0.25) is 0 Å². The van der Waals surface area contributed by atoms with Crippen LogP contribution in [0.5, 0.6) is 0 Å². The first-order chi connectivity index (χ1) is 14.2. The lowest BCUT2D eigenvalue weighted by Crippen LogP contribution is -2.35. The van der Waals surface area contributed by atoms with E-state index in [1.54, 1.807) is 0 Å². The number of anilines is 3. The van der Waals surface area contributed by atoms with Crippen LogP contribution in [0, 0.1) is 0 Å². The second kappa shape index (κ2) is 7.57. The number of piperidine rings is 1. The number of carbonyl (C=O) groups is 1. The van der Waals surface area contributed by atoms with Crippen LogP contribution >= 0.6 is 0 Å². The minimum Gasteiger partial charge on any atom is -0.365 e. The monoisotopic (exact) mass is 395 g/mol. The number of hydrogen-bond acceptors (Lipinski definition) is 8. The second-order valence-corrected chi connectivity index (χ2v) is 7.96. The van der Waals surface area contributed by atoms with Gasteiger partial charge in [0.1, 0.15) is 6.23 Å². The molecular formula is C20H25N7O2. The fraction of sp³-hybridized carbons (Fsp3) is 0.500. The minimum absolute atomic E-state index is 0.0701. The molecule has 9 nitrogen and oxygen atoms in total. The van der Waals surface area contributed by atoms with Gasteiger partial charge in [-0.3, -0.25) is 9.69 Å². The van der Waals surface area contributed by atoms with Crippen LogP contribution in [0.3, 0.4) is 0 Å². The number of ether oxygens (including phenoxy) is 1. The Balaban J connectivity index is 1.24. The second-order valence-electron chi connectivity index (χ2n) is 7.96. The lowest BCUT2D eigenvalue weighted by atomic mass is 9.89. The summed E-state index contributed by atoms with van der Waals surface area (Å²) in [6.07, 6.45) is 4.80. The van der Waals surface area contributed by atoms with Crippen molar-refractivity contribution in [3.05, 3.63) is 35.5 Å². The van der Waals surface area contributed by atoms with E-state index in [9.17, 15) is 4.79 Å². The van der Waals surface area contributed by atoms with Crippen LogP contribution in [0.4, 0.5) is 17.5 Å². The van der Waals surface area contributed by atoms with Crippen molar-refractivity contribution in [2.24, 2.45) is 5.73 Å². The van der Waals surface area contributed by atoms with Gasteiger partial charge in [0.2, 0.25) is 5.95 Å². The number of amides is 1. The van der Waals surface area contributed by atoms with Crippen molar-refractivity contribution < 1.29 is 9.53 Å². The van der Waals surface area contributed by atoms with Gasteiger partial charge in [0.05, 0.1) is 6.61 Å². The molecule has 2 aliphatic heterocycles. The Morgan fingerprint density at radius 1 is 1.10 bits per heavy atom. The first-order valence-electron chi connectivity index (χ1n) is 10.2. The summed E-state index contributed by atoms with van der Waals surface area (Å²) >= 11 is 0. The molecule has 9 heteroatoms. The summed E-state index contributed by atoms with van der Waals surface area (Å²) in [6, 6.07) is 8.71. The number of nitrogens with zero attached hydrogens (tertiary/aromatic N) is 4. The number of likely N-dealkylation sites (tertiary alicyclic amines) is 1. The summed E-state index contributed by atoms with van der Waals surface area (Å²) in [5.41, 5.74) is 7.68. The molecule has 0 spiro atoms. The van der Waals surface area contributed by atoms with Gasteiger partial charge in [0.25, 0.3) is 5.91 Å². The Bertz CT molecular complexity index is 888. The molecule has 0 bridgehead atoms. The molecule has 1 saturated carbocycles. The molecule has 29 heavy (non-hydrogen) atoms. The molecule has 3 aliphatic rings. The zero-order chi connectivity index (χ0) is 19.8. The first kappa shape index (κ1) is 18.3. The molecule has 2 saturated heterocycles. The van der Waals surface area contributed by atoms with Gasteiger partial charge in [0, 0.05) is 24.8 Å². The van der Waals surface area contributed by atoms with Crippen LogP contribution in [0.1, 0.15) is 47.7 Å². The zero-order valence-corrected chi connectivity index (χ0v) is 16.2. The highest BCUT2D eigenvalue weighted by atomic mass is 16.6. The number of primary amides is 1. The zero-order valence-electron chi connectivity index (χ0n) is 16.2. The third kappa shape index (κ3) is 4.30. The molecule has 152 valence electrons. The molecule has 4 N–H and O–H groups in total. The fourth-order valence-corrected chi connectivity index (χ4v) is 3.81. The van der Waals surface area contributed by atoms with Crippen molar-refractivity contribution in [1.82, 2.24) is 20.1 Å². The van der Waals surface area contributed by atoms with Gasteiger partial charge in [-0.2, -0.15) is 4.98 Å². The van der Waals surface area contributed by atoms with E-state index in [0.717, 1.165) is 51.1 Å². The Morgan fingerprint density at radius 3 is 2.45 bits per heavy atom. The Hall–Kier alpha value is -2.78. The number of epoxide rings is 1. The third-order valence-corrected chi connectivity index (χ3v) is 5.73. The highest BCUT2D eigenvalue weighted by Gasteiger charge is 2.33. The van der Waals surface area contributed by atoms with Gasteiger partial charge in [-0.15, -0.1) is 10.2 Å². The van der Waals surface area contributed by atoms with E-state index < -0.39 is 5.91 Å². The minimum atomic E-state index is -0.636. The fourth-order valence-electron chi connectivity index (χ4n) is 3.81. The van der Waals surface area contributed by atoms with Gasteiger partial charge < -0.3 is 21.1 Å². The molecule has 1 aromatic carbocycles. The van der Waals surface area contributed by atoms with Gasteiger partial charge in [0.15, 0.2) is 11.5 Å². The number of benzene rings is 1. The van der Waals surface area contributed by atoms with E-state index in [4.69, 9.17) is 10.5 Å². The summed E-state index contributed by atoms with van der Waals surface area (Å²) in [7, 11) is 0. The maximum Gasteiger partial charge on any atom is 0.273 e. The number of carbonyl (C=O) groups excluding carboxylic acids is 1. The van der Waals surface area contributed by atoms with Crippen molar-refractivity contribution in [3.63, 3.8) is 0 Å². The van der Waals surface area contributed by atoms with Gasteiger partial charge in [-0.05, 0) is 49.3 Å². The van der Waals surface area contributed by atoms with Crippen LogP contribution in [-0.2, 0) is 4.74 Å². The molecule has 5 rings (SSSR count). The van der Waals surface area contributed by atoms with Crippen molar-refractivity contribution in [3.8, 4) is 0 Å². The smallest absolute Gasteiger partial charge is 0.273 e. The SMILES string of the molecule is NC(=O)c1nnc(Nc2ccc(C3CCN(C4CO4)CC3)cc2)nc1NC1CC1. The average Bonchev–Trinajstić information content (AvgIpc) is 3.63. The topological polar surface area (TPSA) is 122 Å². The maximum absolute atomic E-state index is 11.6. The van der Waals surface area contributed by atoms with Crippen molar-refractivity contribution in [2.45, 2.75) is 43.9 Å². The number of hydrogen-bond donors (Lipinski definition) is 3. The molecule has 3 fully saturated rings. The number of aromatic nitrogens is 3. The maximum atomic E-state index is 11.6. The number of nitrogens with two attached hydrogens (primary N) is 1. The van der Waals surface area contributed by atoms with Crippen molar-refractivity contribution in [1.29, 1.82) is 0 Å². The molecule has 1 unspecified atom stereocenters. The van der Waals surface area contributed by atoms with E-state index in [1.807, 2.05) is 12.1 Å². The third-order valence-electron chi connectivity index (χ3n) is 5.73. The van der Waals surface area contributed by atoms with E-state index in [0.29, 0.717) is 30.0 Å². The van der Waals surface area contributed by atoms with E-state index in [2.05, 4.69) is 42.8 Å². The lowest BCUT2D eigenvalue weighted by molar-refractivity contribution is 0.0995.